The van der Waals surface area contributed by atoms with Crippen LogP contribution in [0.5, 0.6) is 0 Å². The second-order valence-electron chi connectivity index (χ2n) is 7.15. The van der Waals surface area contributed by atoms with Crippen LogP contribution < -0.4 is 5.73 Å². The molecule has 3 aliphatic rings. The minimum absolute atomic E-state index is 0.280. The highest BCUT2D eigenvalue weighted by atomic mass is 15.2. The first-order valence-corrected chi connectivity index (χ1v) is 7.55. The molecule has 2 bridgehead atoms. The molecule has 0 saturated heterocycles. The minimum Gasteiger partial charge on any atom is -0.329 e. The molecular weight excluding hydrogens is 208 g/mol. The Kier molecular flexibility index (Phi) is 2.99. The van der Waals surface area contributed by atoms with Gasteiger partial charge in [-0.15, -0.1) is 0 Å². The normalized spacial score (nSPS) is 39.9. The Labute approximate surface area is 106 Å². The Bertz CT molecular complexity index is 287. The van der Waals surface area contributed by atoms with Gasteiger partial charge in [0.15, 0.2) is 0 Å². The Morgan fingerprint density at radius 3 is 2.41 bits per heavy atom. The standard InChI is InChI=1S/C15H28N2/c1-15(10-16,14-5-6-14)17(2)9-13-8-11-3-4-12(13)7-11/h11-14H,3-10,16H2,1-2H3. The van der Waals surface area contributed by atoms with Crippen molar-refractivity contribution in [3.8, 4) is 0 Å². The zero-order valence-electron chi connectivity index (χ0n) is 11.5. The zero-order chi connectivity index (χ0) is 12.0. The van der Waals surface area contributed by atoms with E-state index in [1.54, 1.807) is 0 Å². The van der Waals surface area contributed by atoms with Gasteiger partial charge in [0, 0.05) is 18.6 Å². The van der Waals surface area contributed by atoms with Gasteiger partial charge in [-0.1, -0.05) is 6.42 Å². The number of nitrogens with zero attached hydrogens (tertiary/aromatic N) is 1. The number of likely N-dealkylation sites (N-methyl/N-ethyl adjacent to an activating group) is 1. The third-order valence-corrected chi connectivity index (χ3v) is 6.14. The first-order chi connectivity index (χ1) is 8.13. The summed E-state index contributed by atoms with van der Waals surface area (Å²) in [5.41, 5.74) is 6.34. The van der Waals surface area contributed by atoms with Crippen LogP contribution in [-0.4, -0.2) is 30.6 Å². The van der Waals surface area contributed by atoms with E-state index in [2.05, 4.69) is 18.9 Å². The van der Waals surface area contributed by atoms with Crippen LogP contribution in [0.4, 0.5) is 0 Å². The predicted octanol–water partition coefficient (Wildman–Crippen LogP) is 2.48. The molecule has 0 amide bonds. The highest BCUT2D eigenvalue weighted by molar-refractivity contribution is 5.01. The molecule has 3 aliphatic carbocycles. The molecule has 0 aromatic rings. The summed E-state index contributed by atoms with van der Waals surface area (Å²) in [6.07, 6.45) is 8.85. The van der Waals surface area contributed by atoms with Crippen molar-refractivity contribution in [3.63, 3.8) is 0 Å². The predicted molar refractivity (Wildman–Crippen MR) is 71.8 cm³/mol. The summed E-state index contributed by atoms with van der Waals surface area (Å²) in [5.74, 6) is 3.96. The van der Waals surface area contributed by atoms with Gasteiger partial charge < -0.3 is 5.73 Å². The first-order valence-electron chi connectivity index (χ1n) is 7.55. The van der Waals surface area contributed by atoms with Gasteiger partial charge in [0.2, 0.25) is 0 Å². The van der Waals surface area contributed by atoms with Crippen molar-refractivity contribution >= 4 is 0 Å². The first kappa shape index (κ1) is 12.0. The third kappa shape index (κ3) is 2.04. The van der Waals surface area contributed by atoms with Gasteiger partial charge in [0.05, 0.1) is 0 Å². The summed E-state index contributed by atoms with van der Waals surface area (Å²) in [6.45, 7) is 4.51. The van der Waals surface area contributed by atoms with E-state index in [9.17, 15) is 0 Å². The lowest BCUT2D eigenvalue weighted by Crippen LogP contribution is -2.53. The topological polar surface area (TPSA) is 29.3 Å². The lowest BCUT2D eigenvalue weighted by Gasteiger charge is -2.41. The fourth-order valence-electron chi connectivity index (χ4n) is 4.50. The van der Waals surface area contributed by atoms with Crippen LogP contribution in [0, 0.1) is 23.7 Å². The summed E-state index contributed by atoms with van der Waals surface area (Å²) in [7, 11) is 2.32. The molecule has 0 aliphatic heterocycles. The molecule has 3 saturated carbocycles. The second kappa shape index (κ2) is 4.24. The van der Waals surface area contributed by atoms with Gasteiger partial charge in [-0.3, -0.25) is 4.90 Å². The van der Waals surface area contributed by atoms with Gasteiger partial charge >= 0.3 is 0 Å². The molecule has 0 aromatic heterocycles. The minimum atomic E-state index is 0.280. The van der Waals surface area contributed by atoms with E-state index in [0.29, 0.717) is 0 Å². The van der Waals surface area contributed by atoms with Gasteiger partial charge in [-0.2, -0.15) is 0 Å². The SMILES string of the molecule is CN(CC1CC2CCC1C2)C(C)(CN)C1CC1. The lowest BCUT2D eigenvalue weighted by molar-refractivity contribution is 0.0869. The Morgan fingerprint density at radius 1 is 1.18 bits per heavy atom. The summed E-state index contributed by atoms with van der Waals surface area (Å²) < 4.78 is 0. The molecule has 0 heterocycles. The molecule has 4 atom stereocenters. The van der Waals surface area contributed by atoms with Gasteiger partial charge in [0.25, 0.3) is 0 Å². The van der Waals surface area contributed by atoms with E-state index in [1.165, 1.54) is 45.1 Å². The molecule has 0 aromatic carbocycles. The Hall–Kier alpha value is -0.0800. The molecule has 3 rings (SSSR count). The van der Waals surface area contributed by atoms with Crippen molar-refractivity contribution in [2.24, 2.45) is 29.4 Å². The maximum Gasteiger partial charge on any atom is 0.0328 e. The summed E-state index contributed by atoms with van der Waals surface area (Å²) in [4.78, 5) is 2.61. The molecule has 2 heteroatoms. The maximum atomic E-state index is 6.06. The van der Waals surface area contributed by atoms with E-state index < -0.39 is 0 Å². The quantitative estimate of drug-likeness (QED) is 0.794. The Morgan fingerprint density at radius 2 is 1.94 bits per heavy atom. The number of fused-ring (bicyclic) bond motifs is 2. The van der Waals surface area contributed by atoms with E-state index in [-0.39, 0.29) is 5.54 Å². The van der Waals surface area contributed by atoms with Crippen LogP contribution in [0.25, 0.3) is 0 Å². The molecule has 3 fully saturated rings. The van der Waals surface area contributed by atoms with Crippen molar-refractivity contribution in [3.05, 3.63) is 0 Å². The Balaban J connectivity index is 1.60. The summed E-state index contributed by atoms with van der Waals surface area (Å²) in [5, 5.41) is 0. The highest BCUT2D eigenvalue weighted by Crippen LogP contribution is 2.49. The largest absolute Gasteiger partial charge is 0.329 e. The van der Waals surface area contributed by atoms with Crippen LogP contribution in [0.2, 0.25) is 0 Å². The molecule has 4 unspecified atom stereocenters. The second-order valence-corrected chi connectivity index (χ2v) is 7.15. The molecule has 2 nitrogen and oxygen atoms in total. The number of hydrogen-bond donors (Lipinski definition) is 1. The number of nitrogens with two attached hydrogens (primary N) is 1. The van der Waals surface area contributed by atoms with E-state index in [4.69, 9.17) is 5.73 Å². The average molecular weight is 236 g/mol. The monoisotopic (exact) mass is 236 g/mol. The van der Waals surface area contributed by atoms with E-state index in [1.807, 2.05) is 0 Å². The van der Waals surface area contributed by atoms with Crippen molar-refractivity contribution in [1.82, 2.24) is 4.90 Å². The number of rotatable bonds is 5. The van der Waals surface area contributed by atoms with Gasteiger partial charge in [-0.05, 0) is 69.7 Å². The average Bonchev–Trinajstić information content (AvgIpc) is 3.00. The molecular formula is C15H28N2. The smallest absolute Gasteiger partial charge is 0.0328 e. The molecule has 17 heavy (non-hydrogen) atoms. The van der Waals surface area contributed by atoms with Crippen molar-refractivity contribution in [2.45, 2.75) is 51.0 Å². The van der Waals surface area contributed by atoms with Crippen LogP contribution in [0.3, 0.4) is 0 Å². The molecule has 98 valence electrons. The molecule has 0 spiro atoms. The van der Waals surface area contributed by atoms with E-state index >= 15 is 0 Å². The van der Waals surface area contributed by atoms with Crippen molar-refractivity contribution in [1.29, 1.82) is 0 Å². The highest BCUT2D eigenvalue weighted by Gasteiger charge is 2.46. The zero-order valence-corrected chi connectivity index (χ0v) is 11.5. The van der Waals surface area contributed by atoms with Crippen molar-refractivity contribution in [2.75, 3.05) is 20.1 Å². The van der Waals surface area contributed by atoms with Crippen molar-refractivity contribution < 1.29 is 0 Å². The van der Waals surface area contributed by atoms with Crippen LogP contribution in [0.15, 0.2) is 0 Å². The summed E-state index contributed by atoms with van der Waals surface area (Å²) >= 11 is 0. The number of hydrogen-bond acceptors (Lipinski definition) is 2. The van der Waals surface area contributed by atoms with Crippen LogP contribution in [-0.2, 0) is 0 Å². The van der Waals surface area contributed by atoms with Crippen LogP contribution in [0.1, 0.15) is 45.4 Å². The third-order valence-electron chi connectivity index (χ3n) is 6.14. The lowest BCUT2D eigenvalue weighted by atomic mass is 9.86. The summed E-state index contributed by atoms with van der Waals surface area (Å²) in [6, 6.07) is 0. The van der Waals surface area contributed by atoms with E-state index in [0.717, 1.165) is 30.2 Å². The molecule has 2 N–H and O–H groups in total. The van der Waals surface area contributed by atoms with Gasteiger partial charge in [0.1, 0.15) is 0 Å². The molecule has 0 radical (unpaired) electrons. The maximum absolute atomic E-state index is 6.06. The van der Waals surface area contributed by atoms with Gasteiger partial charge in [-0.25, -0.2) is 0 Å². The fourth-order valence-corrected chi connectivity index (χ4v) is 4.50. The van der Waals surface area contributed by atoms with Crippen LogP contribution >= 0.6 is 0 Å². The fraction of sp³-hybridized carbons (Fsp3) is 1.00.